The summed E-state index contributed by atoms with van der Waals surface area (Å²) in [6.07, 6.45) is 2.84. The highest BCUT2D eigenvalue weighted by Gasteiger charge is 2.30. The molecule has 0 aliphatic heterocycles. The van der Waals surface area contributed by atoms with Crippen LogP contribution >= 0.6 is 11.6 Å². The quantitative estimate of drug-likeness (QED) is 0.465. The Bertz CT molecular complexity index is 1100. The smallest absolute Gasteiger partial charge is 0.244 e. The number of halogens is 1. The third kappa shape index (κ3) is 7.74. The van der Waals surface area contributed by atoms with E-state index >= 15 is 0 Å². The highest BCUT2D eigenvalue weighted by molar-refractivity contribution is 7.92. The summed E-state index contributed by atoms with van der Waals surface area (Å²) in [6, 6.07) is 11.6. The van der Waals surface area contributed by atoms with Crippen LogP contribution in [0.1, 0.15) is 43.4 Å². The molecule has 1 unspecified atom stereocenters. The zero-order valence-corrected chi connectivity index (χ0v) is 22.0. The van der Waals surface area contributed by atoms with E-state index in [4.69, 9.17) is 11.6 Å². The monoisotopic (exact) mass is 507 g/mol. The number of carbonyl (C=O) groups excluding carboxylic acids is 2. The van der Waals surface area contributed by atoms with Crippen LogP contribution < -0.4 is 9.62 Å². The Morgan fingerprint density at radius 3 is 2.32 bits per heavy atom. The van der Waals surface area contributed by atoms with E-state index < -0.39 is 28.5 Å². The molecule has 2 aromatic carbocycles. The van der Waals surface area contributed by atoms with Crippen molar-refractivity contribution in [1.29, 1.82) is 0 Å². The number of hydrogen-bond donors (Lipinski definition) is 1. The molecular weight excluding hydrogens is 474 g/mol. The second kappa shape index (κ2) is 12.2. The first kappa shape index (κ1) is 27.7. The molecule has 0 heterocycles. The number of unbranched alkanes of at least 4 members (excludes halogenated alkanes) is 1. The predicted octanol–water partition coefficient (Wildman–Crippen LogP) is 4.06. The molecule has 0 saturated heterocycles. The predicted molar refractivity (Wildman–Crippen MR) is 137 cm³/mol. The van der Waals surface area contributed by atoms with E-state index in [-0.39, 0.29) is 12.5 Å². The summed E-state index contributed by atoms with van der Waals surface area (Å²) in [6.45, 7) is 7.58. The minimum Gasteiger partial charge on any atom is -0.354 e. The fourth-order valence-corrected chi connectivity index (χ4v) is 4.51. The molecule has 186 valence electrons. The topological polar surface area (TPSA) is 86.8 Å². The second-order valence-electron chi connectivity index (χ2n) is 8.53. The molecule has 34 heavy (non-hydrogen) atoms. The van der Waals surface area contributed by atoms with E-state index in [9.17, 15) is 18.0 Å². The number of nitrogens with zero attached hydrogens (tertiary/aromatic N) is 2. The van der Waals surface area contributed by atoms with Gasteiger partial charge >= 0.3 is 0 Å². The standard InChI is InChI=1S/C25H34ClN3O4S/c1-6-7-14-27-25(31)20(4)28(16-21-10-12-22(26)13-11-21)24(30)17-29(34(5,32)33)23-15-18(2)8-9-19(23)3/h8-13,15,20H,6-7,14,16-17H2,1-5H3,(H,27,31). The van der Waals surface area contributed by atoms with Gasteiger partial charge in [-0.1, -0.05) is 49.2 Å². The summed E-state index contributed by atoms with van der Waals surface area (Å²) in [7, 11) is -3.76. The molecule has 2 aromatic rings. The first-order valence-electron chi connectivity index (χ1n) is 11.3. The first-order valence-corrected chi connectivity index (χ1v) is 13.5. The third-order valence-corrected chi connectivity index (χ3v) is 6.95. The van der Waals surface area contributed by atoms with Crippen LogP contribution in [0.15, 0.2) is 42.5 Å². The van der Waals surface area contributed by atoms with Crippen LogP contribution in [0.25, 0.3) is 0 Å². The van der Waals surface area contributed by atoms with E-state index in [1.165, 1.54) is 4.90 Å². The molecule has 0 fully saturated rings. The van der Waals surface area contributed by atoms with E-state index in [2.05, 4.69) is 5.32 Å². The summed E-state index contributed by atoms with van der Waals surface area (Å²) in [4.78, 5) is 27.7. The van der Waals surface area contributed by atoms with Gasteiger partial charge in [-0.2, -0.15) is 0 Å². The van der Waals surface area contributed by atoms with Crippen LogP contribution in [0.4, 0.5) is 5.69 Å². The second-order valence-corrected chi connectivity index (χ2v) is 10.9. The number of amides is 2. The first-order chi connectivity index (χ1) is 15.9. The number of sulfonamides is 1. The number of benzene rings is 2. The van der Waals surface area contributed by atoms with E-state index in [0.29, 0.717) is 17.3 Å². The third-order valence-electron chi connectivity index (χ3n) is 5.58. The van der Waals surface area contributed by atoms with Crippen molar-refractivity contribution in [2.75, 3.05) is 23.7 Å². The molecule has 7 nitrogen and oxygen atoms in total. The summed E-state index contributed by atoms with van der Waals surface area (Å²) < 4.78 is 26.5. The average molecular weight is 508 g/mol. The Labute approximate surface area is 208 Å². The van der Waals surface area contributed by atoms with E-state index in [0.717, 1.165) is 40.1 Å². The Morgan fingerprint density at radius 2 is 1.74 bits per heavy atom. The summed E-state index contributed by atoms with van der Waals surface area (Å²) in [5.74, 6) is -0.757. The normalized spacial score (nSPS) is 12.2. The lowest BCUT2D eigenvalue weighted by molar-refractivity contribution is -0.139. The molecule has 0 aliphatic rings. The van der Waals surface area contributed by atoms with Crippen LogP contribution in [0.3, 0.4) is 0 Å². The maximum Gasteiger partial charge on any atom is 0.244 e. The average Bonchev–Trinajstić information content (AvgIpc) is 2.77. The maximum atomic E-state index is 13.5. The van der Waals surface area contributed by atoms with Gasteiger partial charge in [0, 0.05) is 18.1 Å². The van der Waals surface area contributed by atoms with Crippen molar-refractivity contribution in [2.24, 2.45) is 0 Å². The number of anilines is 1. The van der Waals surface area contributed by atoms with Gasteiger partial charge in [0.15, 0.2) is 0 Å². The van der Waals surface area contributed by atoms with Crippen molar-refractivity contribution in [3.05, 3.63) is 64.2 Å². The van der Waals surface area contributed by atoms with E-state index in [1.54, 1.807) is 44.2 Å². The van der Waals surface area contributed by atoms with Gasteiger partial charge in [0.25, 0.3) is 0 Å². The van der Waals surface area contributed by atoms with E-state index in [1.807, 2.05) is 26.0 Å². The molecule has 2 rings (SSSR count). The van der Waals surface area contributed by atoms with Crippen molar-refractivity contribution in [1.82, 2.24) is 10.2 Å². The molecule has 0 saturated carbocycles. The van der Waals surface area contributed by atoms with Crippen molar-refractivity contribution in [3.8, 4) is 0 Å². The highest BCUT2D eigenvalue weighted by atomic mass is 35.5. The van der Waals surface area contributed by atoms with Gasteiger partial charge in [0.1, 0.15) is 12.6 Å². The van der Waals surface area contributed by atoms with Crippen molar-refractivity contribution in [2.45, 2.75) is 53.1 Å². The van der Waals surface area contributed by atoms with Crippen LogP contribution in [0.2, 0.25) is 5.02 Å². The molecule has 1 atom stereocenters. The molecular formula is C25H34ClN3O4S. The van der Waals surface area contributed by atoms with Crippen LogP contribution in [0, 0.1) is 13.8 Å². The molecule has 1 N–H and O–H groups in total. The Morgan fingerprint density at radius 1 is 1.09 bits per heavy atom. The fraction of sp³-hybridized carbons (Fsp3) is 0.440. The maximum absolute atomic E-state index is 13.5. The number of aryl methyl sites for hydroxylation is 2. The van der Waals surface area contributed by atoms with Crippen LogP contribution in [-0.4, -0.2) is 50.5 Å². The van der Waals surface area contributed by atoms with Gasteiger partial charge in [0.05, 0.1) is 11.9 Å². The molecule has 9 heteroatoms. The van der Waals surface area contributed by atoms with Crippen LogP contribution in [-0.2, 0) is 26.2 Å². The molecule has 2 amide bonds. The lowest BCUT2D eigenvalue weighted by Crippen LogP contribution is -2.51. The zero-order valence-electron chi connectivity index (χ0n) is 20.5. The minimum atomic E-state index is -3.76. The molecule has 0 spiro atoms. The number of hydrogen-bond acceptors (Lipinski definition) is 4. The summed E-state index contributed by atoms with van der Waals surface area (Å²) in [5, 5.41) is 3.42. The van der Waals surface area contributed by atoms with Crippen molar-refractivity contribution in [3.63, 3.8) is 0 Å². The number of carbonyl (C=O) groups is 2. The SMILES string of the molecule is CCCCNC(=O)C(C)N(Cc1ccc(Cl)cc1)C(=O)CN(c1cc(C)ccc1C)S(C)(=O)=O. The molecule has 0 radical (unpaired) electrons. The summed E-state index contributed by atoms with van der Waals surface area (Å²) in [5.41, 5.74) is 2.84. The van der Waals surface area contributed by atoms with Crippen molar-refractivity contribution >= 4 is 39.1 Å². The molecule has 0 aliphatic carbocycles. The van der Waals surface area contributed by atoms with Crippen LogP contribution in [0.5, 0.6) is 0 Å². The van der Waals surface area contributed by atoms with Gasteiger partial charge in [-0.25, -0.2) is 8.42 Å². The number of nitrogens with one attached hydrogen (secondary N) is 1. The molecule has 0 aromatic heterocycles. The van der Waals surface area contributed by atoms with Gasteiger partial charge < -0.3 is 10.2 Å². The minimum absolute atomic E-state index is 0.142. The number of rotatable bonds is 11. The van der Waals surface area contributed by atoms with Gasteiger partial charge in [0.2, 0.25) is 21.8 Å². The Balaban J connectivity index is 2.38. The Hall–Kier alpha value is -2.58. The summed E-state index contributed by atoms with van der Waals surface area (Å²) >= 11 is 5.99. The van der Waals surface area contributed by atoms with Gasteiger partial charge in [-0.3, -0.25) is 13.9 Å². The largest absolute Gasteiger partial charge is 0.354 e. The molecule has 0 bridgehead atoms. The van der Waals surface area contributed by atoms with Gasteiger partial charge in [-0.15, -0.1) is 0 Å². The fourth-order valence-electron chi connectivity index (χ4n) is 3.49. The Kier molecular flexibility index (Phi) is 9.94. The highest BCUT2D eigenvalue weighted by Crippen LogP contribution is 2.24. The lowest BCUT2D eigenvalue weighted by atomic mass is 10.1. The lowest BCUT2D eigenvalue weighted by Gasteiger charge is -2.32. The zero-order chi connectivity index (χ0) is 25.5. The van der Waals surface area contributed by atoms with Gasteiger partial charge in [-0.05, 0) is 62.1 Å². The van der Waals surface area contributed by atoms with Crippen molar-refractivity contribution < 1.29 is 18.0 Å².